The van der Waals surface area contributed by atoms with E-state index in [9.17, 15) is 0 Å². The number of rotatable bonds is 0. The Labute approximate surface area is 46.7 Å². The van der Waals surface area contributed by atoms with E-state index in [1.54, 1.807) is 6.26 Å². The topological polar surface area (TPSA) is 12.5 Å². The molecular weight excluding hydrogens is 131 g/mol. The molecule has 0 radical (unpaired) electrons. The Morgan fingerprint density at radius 1 is 1.83 bits per heavy atom. The van der Waals surface area contributed by atoms with Crippen LogP contribution in [0.4, 0.5) is 0 Å². The van der Waals surface area contributed by atoms with E-state index in [0.717, 1.165) is 25.3 Å². The van der Waals surface area contributed by atoms with E-state index < -0.39 is 0 Å². The minimum atomic E-state index is 0.764. The van der Waals surface area contributed by atoms with Crippen molar-refractivity contribution in [2.75, 3.05) is 6.73 Å². The van der Waals surface area contributed by atoms with E-state index in [4.69, 9.17) is 4.74 Å². The summed E-state index contributed by atoms with van der Waals surface area (Å²) >= 11 is 1.16. The summed E-state index contributed by atoms with van der Waals surface area (Å²) in [4.78, 5) is 0. The molecule has 6 heavy (non-hydrogen) atoms. The second-order valence-corrected chi connectivity index (χ2v) is 2.87. The van der Waals surface area contributed by atoms with Crippen LogP contribution in [0.3, 0.4) is 0 Å². The SMILES string of the molecule is [Zn+][N]1C=COC1. The van der Waals surface area contributed by atoms with Gasteiger partial charge in [0.15, 0.2) is 0 Å². The zero-order valence-electron chi connectivity index (χ0n) is 3.42. The molecule has 1 heterocycles. The quantitative estimate of drug-likeness (QED) is 0.440. The third-order valence-corrected chi connectivity index (χ3v) is 1.43. The van der Waals surface area contributed by atoms with Gasteiger partial charge in [0, 0.05) is 0 Å². The van der Waals surface area contributed by atoms with E-state index in [1.165, 1.54) is 0 Å². The van der Waals surface area contributed by atoms with Gasteiger partial charge in [0.2, 0.25) is 0 Å². The molecule has 0 fully saturated rings. The first-order valence-corrected chi connectivity index (χ1v) is 3.08. The number of hydrogen-bond donors (Lipinski definition) is 0. The van der Waals surface area contributed by atoms with E-state index in [2.05, 4.69) is 3.64 Å². The van der Waals surface area contributed by atoms with Crippen LogP contribution in [0, 0.1) is 0 Å². The van der Waals surface area contributed by atoms with Gasteiger partial charge in [-0.25, -0.2) is 0 Å². The molecule has 0 saturated heterocycles. The van der Waals surface area contributed by atoms with E-state index in [-0.39, 0.29) is 0 Å². The molecule has 0 bridgehead atoms. The van der Waals surface area contributed by atoms with Gasteiger partial charge in [0.1, 0.15) is 0 Å². The zero-order valence-corrected chi connectivity index (χ0v) is 6.39. The van der Waals surface area contributed by atoms with Crippen LogP contribution in [0.5, 0.6) is 0 Å². The molecule has 0 spiro atoms. The number of ether oxygens (including phenoxy) is 1. The van der Waals surface area contributed by atoms with Crippen LogP contribution in [0.15, 0.2) is 12.5 Å². The van der Waals surface area contributed by atoms with Crippen LogP contribution >= 0.6 is 0 Å². The minimum absolute atomic E-state index is 0.764. The Balaban J connectivity index is 2.38. The van der Waals surface area contributed by atoms with Gasteiger partial charge in [0.25, 0.3) is 0 Å². The van der Waals surface area contributed by atoms with Crippen molar-refractivity contribution >= 4 is 0 Å². The average Bonchev–Trinajstić information content (AvgIpc) is 1.86. The Morgan fingerprint density at radius 3 is 2.83 bits per heavy atom. The first kappa shape index (κ1) is 4.13. The van der Waals surface area contributed by atoms with Gasteiger partial charge in [-0.15, -0.1) is 0 Å². The van der Waals surface area contributed by atoms with Crippen LogP contribution in [0.2, 0.25) is 0 Å². The molecule has 1 aliphatic heterocycles. The molecule has 0 amide bonds. The molecule has 3 heteroatoms. The van der Waals surface area contributed by atoms with Crippen molar-refractivity contribution in [3.63, 3.8) is 0 Å². The van der Waals surface area contributed by atoms with Gasteiger partial charge in [-0.2, -0.15) is 0 Å². The Hall–Kier alpha value is -0.0366. The predicted octanol–water partition coefficient (Wildman–Crippen LogP) is 0.209. The van der Waals surface area contributed by atoms with Crippen molar-refractivity contribution in [2.45, 2.75) is 0 Å². The molecule has 0 unspecified atom stereocenters. The van der Waals surface area contributed by atoms with Crippen LogP contribution in [0.1, 0.15) is 0 Å². The summed E-state index contributed by atoms with van der Waals surface area (Å²) in [6.07, 6.45) is 3.66. The molecule has 0 saturated carbocycles. The molecular formula is C3H4NOZn+. The summed E-state index contributed by atoms with van der Waals surface area (Å²) in [7, 11) is 0. The zero-order chi connectivity index (χ0) is 4.41. The van der Waals surface area contributed by atoms with Crippen molar-refractivity contribution in [3.05, 3.63) is 12.5 Å². The van der Waals surface area contributed by atoms with E-state index in [1.807, 2.05) is 6.20 Å². The summed E-state index contributed by atoms with van der Waals surface area (Å²) in [6, 6.07) is 0. The third kappa shape index (κ3) is 0.718. The Bertz CT molecular complexity index is 73.2. The molecule has 0 aromatic rings. The molecule has 0 aliphatic carbocycles. The summed E-state index contributed by atoms with van der Waals surface area (Å²) < 4.78 is 6.92. The van der Waals surface area contributed by atoms with Gasteiger partial charge in [0.05, 0.1) is 0 Å². The van der Waals surface area contributed by atoms with Gasteiger partial charge in [-0.05, 0) is 0 Å². The molecule has 1 rings (SSSR count). The second kappa shape index (κ2) is 1.61. The first-order valence-electron chi connectivity index (χ1n) is 1.75. The van der Waals surface area contributed by atoms with Crippen molar-refractivity contribution in [2.24, 2.45) is 0 Å². The normalized spacial score (nSPS) is 18.7. The monoisotopic (exact) mass is 134 g/mol. The van der Waals surface area contributed by atoms with E-state index in [0.29, 0.717) is 0 Å². The van der Waals surface area contributed by atoms with Crippen LogP contribution in [0.25, 0.3) is 0 Å². The molecule has 28 valence electrons. The van der Waals surface area contributed by atoms with Crippen LogP contribution in [-0.4, -0.2) is 10.4 Å². The maximum atomic E-state index is 4.83. The van der Waals surface area contributed by atoms with Gasteiger partial charge in [-0.3, -0.25) is 0 Å². The van der Waals surface area contributed by atoms with Crippen molar-refractivity contribution in [1.29, 1.82) is 0 Å². The third-order valence-electron chi connectivity index (χ3n) is 0.608. The summed E-state index contributed by atoms with van der Waals surface area (Å²) in [6.45, 7) is 0.764. The molecule has 1 aliphatic rings. The molecule has 0 aromatic heterocycles. The van der Waals surface area contributed by atoms with Gasteiger partial charge in [-0.1, -0.05) is 0 Å². The van der Waals surface area contributed by atoms with Crippen molar-refractivity contribution in [3.8, 4) is 0 Å². The predicted molar refractivity (Wildman–Crippen MR) is 16.9 cm³/mol. The fraction of sp³-hybridized carbons (Fsp3) is 0.333. The molecule has 0 aromatic carbocycles. The fourth-order valence-electron chi connectivity index (χ4n) is 0.311. The standard InChI is InChI=1S/C3H4NO.Zn/c1-2-5-3-4-1;/h1-2H,3H2;/q-1;+2. The average molecular weight is 135 g/mol. The number of hydrogen-bond acceptors (Lipinski definition) is 2. The van der Waals surface area contributed by atoms with Crippen molar-refractivity contribution < 1.29 is 23.3 Å². The summed E-state index contributed by atoms with van der Waals surface area (Å²) in [5.74, 6) is 0. The maximum absolute atomic E-state index is 4.83. The summed E-state index contributed by atoms with van der Waals surface area (Å²) in [5, 5.41) is 0. The second-order valence-electron chi connectivity index (χ2n) is 1.17. The molecule has 0 atom stereocenters. The Morgan fingerprint density at radius 2 is 2.67 bits per heavy atom. The van der Waals surface area contributed by atoms with Crippen LogP contribution < -0.4 is 0 Å². The molecule has 2 nitrogen and oxygen atoms in total. The van der Waals surface area contributed by atoms with Crippen molar-refractivity contribution in [1.82, 2.24) is 3.64 Å². The van der Waals surface area contributed by atoms with E-state index >= 15 is 0 Å². The Kier molecular flexibility index (Phi) is 1.11. The summed E-state index contributed by atoms with van der Waals surface area (Å²) in [5.41, 5.74) is 0. The number of nitrogens with zero attached hydrogens (tertiary/aromatic N) is 1. The van der Waals surface area contributed by atoms with Gasteiger partial charge >= 0.3 is 46.1 Å². The first-order chi connectivity index (χ1) is 2.89. The van der Waals surface area contributed by atoms with Gasteiger partial charge < -0.3 is 0 Å². The molecule has 0 N–H and O–H groups in total. The fourth-order valence-corrected chi connectivity index (χ4v) is 0.713. The van der Waals surface area contributed by atoms with Crippen LogP contribution in [-0.2, 0) is 23.3 Å².